The molecule has 3 amide bonds. The van der Waals surface area contributed by atoms with Crippen LogP contribution in [-0.2, 0) is 4.79 Å². The number of primary amides is 1. The fourth-order valence-electron chi connectivity index (χ4n) is 1.47. The molecule has 0 aromatic heterocycles. The van der Waals surface area contributed by atoms with E-state index in [2.05, 4.69) is 10.6 Å². The minimum absolute atomic E-state index is 0.310. The number of rotatable bonds is 6. The van der Waals surface area contributed by atoms with Crippen molar-refractivity contribution in [3.05, 3.63) is 29.3 Å². The number of hydrogen-bond donors (Lipinski definition) is 3. The number of anilines is 1. The largest absolute Gasteiger partial charge is 0.352 e. The van der Waals surface area contributed by atoms with Crippen molar-refractivity contribution in [2.45, 2.75) is 12.5 Å². The lowest BCUT2D eigenvalue weighted by atomic mass is 10.2. The van der Waals surface area contributed by atoms with Crippen LogP contribution in [-0.4, -0.2) is 30.0 Å². The van der Waals surface area contributed by atoms with Gasteiger partial charge in [0, 0.05) is 10.7 Å². The van der Waals surface area contributed by atoms with E-state index in [1.54, 1.807) is 36.0 Å². The van der Waals surface area contributed by atoms with E-state index in [4.69, 9.17) is 17.3 Å². The molecule has 1 atom stereocenters. The summed E-state index contributed by atoms with van der Waals surface area (Å²) >= 11 is 7.42. The van der Waals surface area contributed by atoms with E-state index >= 15 is 0 Å². The average Bonchev–Trinajstić information content (AvgIpc) is 2.34. The first kappa shape index (κ1) is 15.7. The highest BCUT2D eigenvalue weighted by molar-refractivity contribution is 7.98. The van der Waals surface area contributed by atoms with Crippen LogP contribution in [0.3, 0.4) is 0 Å². The van der Waals surface area contributed by atoms with Crippen molar-refractivity contribution in [3.8, 4) is 0 Å². The molecule has 0 aliphatic rings. The fourth-order valence-corrected chi connectivity index (χ4v) is 2.13. The second kappa shape index (κ2) is 7.91. The maximum absolute atomic E-state index is 12.0. The van der Waals surface area contributed by atoms with Crippen molar-refractivity contribution in [1.82, 2.24) is 5.32 Å². The van der Waals surface area contributed by atoms with Crippen molar-refractivity contribution in [2.24, 2.45) is 5.73 Å². The second-order valence-electron chi connectivity index (χ2n) is 3.84. The van der Waals surface area contributed by atoms with Gasteiger partial charge in [-0.2, -0.15) is 11.8 Å². The number of hydrogen-bond acceptors (Lipinski definition) is 3. The Morgan fingerprint density at radius 1 is 1.47 bits per heavy atom. The molecule has 0 aliphatic carbocycles. The van der Waals surface area contributed by atoms with Gasteiger partial charge in [-0.3, -0.25) is 4.79 Å². The van der Waals surface area contributed by atoms with Crippen LogP contribution in [0, 0.1) is 0 Å². The Morgan fingerprint density at radius 3 is 2.79 bits per heavy atom. The third kappa shape index (κ3) is 5.85. The Kier molecular flexibility index (Phi) is 6.52. The number of benzene rings is 1. The smallest absolute Gasteiger partial charge is 0.312 e. The van der Waals surface area contributed by atoms with E-state index in [9.17, 15) is 9.59 Å². The maximum Gasteiger partial charge on any atom is 0.312 e. The molecule has 0 fully saturated rings. The van der Waals surface area contributed by atoms with Gasteiger partial charge in [0.25, 0.3) is 0 Å². The van der Waals surface area contributed by atoms with Gasteiger partial charge in [0.1, 0.15) is 6.04 Å². The molecule has 0 heterocycles. The molecule has 1 rings (SSSR count). The van der Waals surface area contributed by atoms with Gasteiger partial charge >= 0.3 is 6.03 Å². The third-order valence-corrected chi connectivity index (χ3v) is 3.21. The van der Waals surface area contributed by atoms with Gasteiger partial charge in [0.05, 0.1) is 0 Å². The number of nitrogens with two attached hydrogens (primary N) is 1. The molecule has 4 N–H and O–H groups in total. The van der Waals surface area contributed by atoms with Crippen LogP contribution in [0.4, 0.5) is 10.5 Å². The van der Waals surface area contributed by atoms with Gasteiger partial charge in [0.2, 0.25) is 5.91 Å². The van der Waals surface area contributed by atoms with Gasteiger partial charge in [0.15, 0.2) is 0 Å². The highest BCUT2D eigenvalue weighted by Crippen LogP contribution is 2.15. The van der Waals surface area contributed by atoms with E-state index in [0.29, 0.717) is 17.1 Å². The van der Waals surface area contributed by atoms with E-state index < -0.39 is 12.1 Å². The molecule has 0 saturated carbocycles. The van der Waals surface area contributed by atoms with E-state index in [0.717, 1.165) is 5.75 Å². The molecular weight excluding hydrogens is 286 g/mol. The summed E-state index contributed by atoms with van der Waals surface area (Å²) in [7, 11) is 0. The Hall–Kier alpha value is -1.40. The van der Waals surface area contributed by atoms with E-state index in [1.165, 1.54) is 0 Å². The number of thioether (sulfide) groups is 1. The van der Waals surface area contributed by atoms with E-state index in [1.807, 2.05) is 6.26 Å². The minimum atomic E-state index is -0.715. The monoisotopic (exact) mass is 301 g/mol. The number of carbonyl (C=O) groups is 2. The van der Waals surface area contributed by atoms with Crippen LogP contribution >= 0.6 is 23.4 Å². The second-order valence-corrected chi connectivity index (χ2v) is 5.26. The molecule has 1 unspecified atom stereocenters. The molecule has 1 aromatic rings. The molecule has 0 spiro atoms. The zero-order valence-corrected chi connectivity index (χ0v) is 12.1. The maximum atomic E-state index is 12.0. The first-order valence-electron chi connectivity index (χ1n) is 5.64. The highest BCUT2D eigenvalue weighted by atomic mass is 35.5. The lowest BCUT2D eigenvalue weighted by molar-refractivity contribution is -0.117. The van der Waals surface area contributed by atoms with Crippen LogP contribution in [0.15, 0.2) is 24.3 Å². The zero-order chi connectivity index (χ0) is 14.3. The summed E-state index contributed by atoms with van der Waals surface area (Å²) < 4.78 is 0. The van der Waals surface area contributed by atoms with Gasteiger partial charge in [-0.05, 0) is 36.6 Å². The third-order valence-electron chi connectivity index (χ3n) is 2.34. The molecule has 7 heteroatoms. The normalized spacial score (nSPS) is 11.7. The Labute approximate surface area is 121 Å². The molecule has 1 aromatic carbocycles. The zero-order valence-electron chi connectivity index (χ0n) is 10.5. The Morgan fingerprint density at radius 2 is 2.21 bits per heavy atom. The van der Waals surface area contributed by atoms with Crippen LogP contribution in [0.5, 0.6) is 0 Å². The summed E-state index contributed by atoms with van der Waals surface area (Å²) in [5, 5.41) is 5.65. The number of carbonyl (C=O) groups excluding carboxylic acids is 2. The van der Waals surface area contributed by atoms with Crippen molar-refractivity contribution in [3.63, 3.8) is 0 Å². The minimum Gasteiger partial charge on any atom is -0.352 e. The molecule has 0 aliphatic heterocycles. The van der Waals surface area contributed by atoms with Crippen molar-refractivity contribution in [2.75, 3.05) is 17.3 Å². The van der Waals surface area contributed by atoms with Crippen molar-refractivity contribution in [1.29, 1.82) is 0 Å². The lowest BCUT2D eigenvalue weighted by Gasteiger charge is -2.16. The SMILES string of the molecule is CSCCC(NC(N)=O)C(=O)Nc1cccc(Cl)c1. The van der Waals surface area contributed by atoms with Gasteiger partial charge in [-0.1, -0.05) is 17.7 Å². The van der Waals surface area contributed by atoms with Crippen LogP contribution < -0.4 is 16.4 Å². The lowest BCUT2D eigenvalue weighted by Crippen LogP contribution is -2.46. The predicted octanol–water partition coefficient (Wildman–Crippen LogP) is 2.07. The van der Waals surface area contributed by atoms with Crippen LogP contribution in [0.2, 0.25) is 5.02 Å². The fraction of sp³-hybridized carbons (Fsp3) is 0.333. The van der Waals surface area contributed by atoms with Gasteiger partial charge < -0.3 is 16.4 Å². The molecule has 19 heavy (non-hydrogen) atoms. The molecule has 0 saturated heterocycles. The number of urea groups is 1. The van der Waals surface area contributed by atoms with Crippen LogP contribution in [0.25, 0.3) is 0 Å². The number of amides is 3. The summed E-state index contributed by atoms with van der Waals surface area (Å²) in [5.41, 5.74) is 5.64. The molecular formula is C12H16ClN3O2S. The van der Waals surface area contributed by atoms with E-state index in [-0.39, 0.29) is 5.91 Å². The van der Waals surface area contributed by atoms with Gasteiger partial charge in [-0.15, -0.1) is 0 Å². The standard InChI is InChI=1S/C12H16ClN3O2S/c1-19-6-5-10(16-12(14)18)11(17)15-9-4-2-3-8(13)7-9/h2-4,7,10H,5-6H2,1H3,(H,15,17)(H3,14,16,18). The van der Waals surface area contributed by atoms with Crippen molar-refractivity contribution < 1.29 is 9.59 Å². The molecule has 104 valence electrons. The van der Waals surface area contributed by atoms with Gasteiger partial charge in [-0.25, -0.2) is 4.79 Å². The van der Waals surface area contributed by atoms with Crippen LogP contribution in [0.1, 0.15) is 6.42 Å². The Bertz CT molecular complexity index is 456. The van der Waals surface area contributed by atoms with Crippen molar-refractivity contribution >= 4 is 41.0 Å². The summed E-state index contributed by atoms with van der Waals surface area (Å²) in [5.74, 6) is 0.434. The Balaban J connectivity index is 2.67. The summed E-state index contributed by atoms with van der Waals surface area (Å²) in [6.07, 6.45) is 2.44. The summed E-state index contributed by atoms with van der Waals surface area (Å²) in [4.78, 5) is 22.9. The highest BCUT2D eigenvalue weighted by Gasteiger charge is 2.19. The molecule has 0 bridgehead atoms. The summed E-state index contributed by atoms with van der Waals surface area (Å²) in [6.45, 7) is 0. The first-order chi connectivity index (χ1) is 9.02. The summed E-state index contributed by atoms with van der Waals surface area (Å²) in [6, 6.07) is 5.44. The molecule has 5 nitrogen and oxygen atoms in total. The molecule has 0 radical (unpaired) electrons. The average molecular weight is 302 g/mol. The quantitative estimate of drug-likeness (QED) is 0.752. The number of halogens is 1. The topological polar surface area (TPSA) is 84.2 Å². The first-order valence-corrected chi connectivity index (χ1v) is 7.41. The number of nitrogens with one attached hydrogen (secondary N) is 2. The predicted molar refractivity (Wildman–Crippen MR) is 79.6 cm³/mol.